The van der Waals surface area contributed by atoms with E-state index in [4.69, 9.17) is 9.47 Å². The van der Waals surface area contributed by atoms with Crippen LogP contribution in [-0.4, -0.2) is 70.2 Å². The van der Waals surface area contributed by atoms with Crippen molar-refractivity contribution in [3.05, 3.63) is 41.6 Å². The number of benzene rings is 1. The highest BCUT2D eigenvalue weighted by Crippen LogP contribution is 2.26. The van der Waals surface area contributed by atoms with Gasteiger partial charge in [0.25, 0.3) is 0 Å². The van der Waals surface area contributed by atoms with Gasteiger partial charge in [-0.3, -0.25) is 0 Å². The number of hydrogen-bond acceptors (Lipinski definition) is 5. The lowest BCUT2D eigenvalue weighted by atomic mass is 10.1. The fourth-order valence-corrected chi connectivity index (χ4v) is 4.43. The van der Waals surface area contributed by atoms with E-state index in [2.05, 4.69) is 0 Å². The fourth-order valence-electron chi connectivity index (χ4n) is 2.81. The van der Waals surface area contributed by atoms with Crippen LogP contribution in [0, 0.1) is 6.92 Å². The van der Waals surface area contributed by atoms with Crippen LogP contribution in [-0.2, 0) is 19.5 Å². The molecule has 0 amide bonds. The Bertz CT molecular complexity index is 673. The summed E-state index contributed by atoms with van der Waals surface area (Å²) in [6.45, 7) is 6.32. The van der Waals surface area contributed by atoms with E-state index in [0.717, 1.165) is 11.1 Å². The lowest BCUT2D eigenvalue weighted by Crippen LogP contribution is -2.41. The predicted molar refractivity (Wildman–Crippen MR) is 92.9 cm³/mol. The van der Waals surface area contributed by atoms with Crippen LogP contribution >= 0.6 is 0 Å². The molecule has 0 unspecified atom stereocenters. The van der Waals surface area contributed by atoms with Crippen molar-refractivity contribution in [1.29, 1.82) is 0 Å². The van der Waals surface area contributed by atoms with Crippen molar-refractivity contribution in [3.63, 3.8) is 0 Å². The van der Waals surface area contributed by atoms with Gasteiger partial charge in [0.1, 0.15) is 4.91 Å². The molecule has 3 rings (SSSR count). The average molecular weight is 352 g/mol. The predicted octanol–water partition coefficient (Wildman–Crippen LogP) is 1.29. The van der Waals surface area contributed by atoms with E-state index in [9.17, 15) is 8.42 Å². The number of aryl methyl sites for hydroxylation is 1. The summed E-state index contributed by atoms with van der Waals surface area (Å²) < 4.78 is 38.5. The summed E-state index contributed by atoms with van der Waals surface area (Å²) in [6, 6.07) is 7.63. The lowest BCUT2D eigenvalue weighted by molar-refractivity contribution is 0.0596. The zero-order valence-electron chi connectivity index (χ0n) is 14.0. The standard InChI is InChI=1S/C17H24N2O4S/c1-15-2-4-16(5-3-15)17(14-18-6-10-22-11-7-18)24(20,21)19-8-12-23-13-9-19/h2-5,14H,6-13H2,1H3. The number of nitrogens with zero attached hydrogens (tertiary/aromatic N) is 2. The first-order valence-electron chi connectivity index (χ1n) is 8.26. The van der Waals surface area contributed by atoms with Gasteiger partial charge in [-0.25, -0.2) is 8.42 Å². The van der Waals surface area contributed by atoms with Crippen molar-refractivity contribution in [2.24, 2.45) is 0 Å². The Morgan fingerprint density at radius 2 is 1.50 bits per heavy atom. The Balaban J connectivity index is 1.97. The maximum Gasteiger partial charge on any atom is 0.245 e. The third-order valence-electron chi connectivity index (χ3n) is 4.27. The number of sulfonamides is 1. The van der Waals surface area contributed by atoms with Crippen molar-refractivity contribution in [2.75, 3.05) is 52.6 Å². The molecular formula is C17H24N2O4S. The molecule has 2 heterocycles. The largest absolute Gasteiger partial charge is 0.379 e. The first-order valence-corrected chi connectivity index (χ1v) is 9.70. The zero-order chi connectivity index (χ0) is 17.0. The minimum Gasteiger partial charge on any atom is -0.379 e. The molecular weight excluding hydrogens is 328 g/mol. The van der Waals surface area contributed by atoms with Gasteiger partial charge in [-0.15, -0.1) is 0 Å². The summed E-state index contributed by atoms with van der Waals surface area (Å²) in [7, 11) is -3.56. The minimum absolute atomic E-state index is 0.353. The van der Waals surface area contributed by atoms with E-state index in [1.165, 1.54) is 4.31 Å². The molecule has 2 aliphatic rings. The van der Waals surface area contributed by atoms with Crippen LogP contribution < -0.4 is 0 Å². The number of morpholine rings is 2. The Kier molecular flexibility index (Phi) is 5.55. The second kappa shape index (κ2) is 7.65. The highest BCUT2D eigenvalue weighted by Gasteiger charge is 2.30. The molecule has 24 heavy (non-hydrogen) atoms. The fraction of sp³-hybridized carbons (Fsp3) is 0.529. The monoisotopic (exact) mass is 352 g/mol. The summed E-state index contributed by atoms with van der Waals surface area (Å²) in [6.07, 6.45) is 1.78. The van der Waals surface area contributed by atoms with Gasteiger partial charge in [0.15, 0.2) is 0 Å². The molecule has 0 radical (unpaired) electrons. The van der Waals surface area contributed by atoms with Crippen LogP contribution in [0.4, 0.5) is 0 Å². The molecule has 2 aliphatic heterocycles. The topological polar surface area (TPSA) is 59.1 Å². The molecule has 7 heteroatoms. The van der Waals surface area contributed by atoms with Gasteiger partial charge in [-0.1, -0.05) is 29.8 Å². The Hall–Kier alpha value is -1.41. The third-order valence-corrected chi connectivity index (χ3v) is 6.21. The summed E-state index contributed by atoms with van der Waals surface area (Å²) in [5.74, 6) is 0. The lowest BCUT2D eigenvalue weighted by Gasteiger charge is -2.30. The van der Waals surface area contributed by atoms with Crippen molar-refractivity contribution < 1.29 is 17.9 Å². The van der Waals surface area contributed by atoms with Crippen LogP contribution in [0.5, 0.6) is 0 Å². The molecule has 0 saturated carbocycles. The average Bonchev–Trinajstić information content (AvgIpc) is 2.62. The van der Waals surface area contributed by atoms with E-state index in [0.29, 0.717) is 57.5 Å². The van der Waals surface area contributed by atoms with Crippen LogP contribution in [0.3, 0.4) is 0 Å². The van der Waals surface area contributed by atoms with Gasteiger partial charge in [0.2, 0.25) is 10.0 Å². The van der Waals surface area contributed by atoms with Crippen LogP contribution in [0.15, 0.2) is 30.5 Å². The van der Waals surface area contributed by atoms with Gasteiger partial charge < -0.3 is 14.4 Å². The van der Waals surface area contributed by atoms with E-state index in [1.807, 2.05) is 36.1 Å². The molecule has 0 aliphatic carbocycles. The number of hydrogen-bond donors (Lipinski definition) is 0. The summed E-state index contributed by atoms with van der Waals surface area (Å²) in [4.78, 5) is 2.38. The first-order chi connectivity index (χ1) is 11.6. The number of ether oxygens (including phenoxy) is 2. The molecule has 0 N–H and O–H groups in total. The molecule has 2 saturated heterocycles. The van der Waals surface area contributed by atoms with Crippen molar-refractivity contribution in [2.45, 2.75) is 6.92 Å². The summed E-state index contributed by atoms with van der Waals surface area (Å²) in [5, 5.41) is 0. The molecule has 0 bridgehead atoms. The van der Waals surface area contributed by atoms with Crippen molar-refractivity contribution in [1.82, 2.24) is 9.21 Å². The SMILES string of the molecule is Cc1ccc(C(=CN2CCOCC2)S(=O)(=O)N2CCOCC2)cc1. The maximum atomic E-state index is 13.2. The molecule has 6 nitrogen and oxygen atoms in total. The molecule has 0 aromatic heterocycles. The van der Waals surface area contributed by atoms with E-state index < -0.39 is 10.0 Å². The Morgan fingerprint density at radius 1 is 0.958 bits per heavy atom. The number of rotatable bonds is 4. The second-order valence-corrected chi connectivity index (χ2v) is 7.93. The van der Waals surface area contributed by atoms with E-state index in [1.54, 1.807) is 6.20 Å². The van der Waals surface area contributed by atoms with Crippen molar-refractivity contribution >= 4 is 14.9 Å². The summed E-state index contributed by atoms with van der Waals surface area (Å²) in [5.41, 5.74) is 1.83. The summed E-state index contributed by atoms with van der Waals surface area (Å²) >= 11 is 0. The van der Waals surface area contributed by atoms with E-state index in [-0.39, 0.29) is 0 Å². The molecule has 0 spiro atoms. The molecule has 0 atom stereocenters. The molecule has 2 fully saturated rings. The maximum absolute atomic E-state index is 13.2. The third kappa shape index (κ3) is 3.97. The van der Waals surface area contributed by atoms with Gasteiger partial charge in [-0.2, -0.15) is 4.31 Å². The minimum atomic E-state index is -3.56. The zero-order valence-corrected chi connectivity index (χ0v) is 14.8. The van der Waals surface area contributed by atoms with Crippen LogP contribution in [0.2, 0.25) is 0 Å². The highest BCUT2D eigenvalue weighted by atomic mass is 32.2. The van der Waals surface area contributed by atoms with Gasteiger partial charge in [0, 0.05) is 32.4 Å². The normalized spacial score (nSPS) is 21.0. The Morgan fingerprint density at radius 3 is 2.08 bits per heavy atom. The van der Waals surface area contributed by atoms with Gasteiger partial charge in [-0.05, 0) is 12.5 Å². The van der Waals surface area contributed by atoms with Crippen molar-refractivity contribution in [3.8, 4) is 0 Å². The first kappa shape index (κ1) is 17.4. The van der Waals surface area contributed by atoms with Gasteiger partial charge >= 0.3 is 0 Å². The Labute approximate surface area is 143 Å². The van der Waals surface area contributed by atoms with E-state index >= 15 is 0 Å². The highest BCUT2D eigenvalue weighted by molar-refractivity contribution is 7.98. The quantitative estimate of drug-likeness (QED) is 0.817. The van der Waals surface area contributed by atoms with Crippen LogP contribution in [0.1, 0.15) is 11.1 Å². The van der Waals surface area contributed by atoms with Crippen LogP contribution in [0.25, 0.3) is 4.91 Å². The second-order valence-electron chi connectivity index (χ2n) is 6.02. The molecule has 132 valence electrons. The molecule has 1 aromatic carbocycles. The van der Waals surface area contributed by atoms with Gasteiger partial charge in [0.05, 0.1) is 26.4 Å². The smallest absolute Gasteiger partial charge is 0.245 e. The molecule has 1 aromatic rings.